The summed E-state index contributed by atoms with van der Waals surface area (Å²) >= 11 is 0. The molecule has 0 aliphatic carbocycles. The van der Waals surface area contributed by atoms with Crippen LogP contribution < -0.4 is 11.5 Å². The molecule has 2 fully saturated rings. The predicted octanol–water partition coefficient (Wildman–Crippen LogP) is 3.98. The van der Waals surface area contributed by atoms with E-state index < -0.39 is 16.6 Å². The lowest BCUT2D eigenvalue weighted by Crippen LogP contribution is -2.43. The topological polar surface area (TPSA) is 70.5 Å². The van der Waals surface area contributed by atoms with E-state index in [0.717, 1.165) is 39.1 Å². The van der Waals surface area contributed by atoms with Crippen LogP contribution in [0.5, 0.6) is 0 Å². The van der Waals surface area contributed by atoms with Gasteiger partial charge in [-0.1, -0.05) is 25.7 Å². The molecule has 2 aliphatic rings. The van der Waals surface area contributed by atoms with Gasteiger partial charge in [-0.15, -0.1) is 0 Å². The first-order valence-electron chi connectivity index (χ1n) is 10.4. The monoisotopic (exact) mass is 372 g/mol. The molecule has 142 valence electrons. The summed E-state index contributed by atoms with van der Waals surface area (Å²) in [6.45, 7) is 3.66. The number of hydrogen-bond donors (Lipinski definition) is 2. The first-order valence-corrected chi connectivity index (χ1v) is 15.5. The summed E-state index contributed by atoms with van der Waals surface area (Å²) in [6, 6.07) is 8.03. The summed E-state index contributed by atoms with van der Waals surface area (Å²) in [6.07, 6.45) is 10.3. The van der Waals surface area contributed by atoms with Crippen LogP contribution in [0, 0.1) is 0 Å². The highest BCUT2D eigenvalue weighted by Crippen LogP contribution is 2.35. The van der Waals surface area contributed by atoms with Gasteiger partial charge in [0.25, 0.3) is 0 Å². The molecule has 2 unspecified atom stereocenters. The Morgan fingerprint density at radius 2 is 1.00 bits per heavy atom. The average molecular weight is 373 g/mol. The van der Waals surface area contributed by atoms with Crippen molar-refractivity contribution in [2.75, 3.05) is 26.3 Å². The third kappa shape index (κ3) is 6.54. The molecule has 2 rings (SSSR count). The fraction of sp³-hybridized carbons (Fsp3) is 1.00. The molecule has 0 aromatic rings. The van der Waals surface area contributed by atoms with Gasteiger partial charge < -0.3 is 20.3 Å². The van der Waals surface area contributed by atoms with Crippen molar-refractivity contribution in [3.8, 4) is 0 Å². The molecule has 0 spiro atoms. The van der Waals surface area contributed by atoms with E-state index in [1.54, 1.807) is 0 Å². The van der Waals surface area contributed by atoms with E-state index in [2.05, 4.69) is 0 Å². The van der Waals surface area contributed by atoms with E-state index in [4.69, 9.17) is 20.3 Å². The number of rotatable bonds is 11. The Labute approximate surface area is 151 Å². The van der Waals surface area contributed by atoms with Crippen LogP contribution in [0.4, 0.5) is 0 Å². The number of nitrogens with two attached hydrogens (primary N) is 2. The highest BCUT2D eigenvalue weighted by molar-refractivity contribution is 6.74. The van der Waals surface area contributed by atoms with E-state index in [1.165, 1.54) is 74.8 Å². The molecule has 0 saturated carbocycles. The van der Waals surface area contributed by atoms with Crippen LogP contribution >= 0.6 is 0 Å². The molecule has 2 heterocycles. The van der Waals surface area contributed by atoms with Crippen LogP contribution in [-0.4, -0.2) is 42.9 Å². The lowest BCUT2D eigenvalue weighted by molar-refractivity contribution is 0.260. The largest absolute Gasteiger partial charge is 0.417 e. The molecule has 0 bridgehead atoms. The van der Waals surface area contributed by atoms with Gasteiger partial charge in [0.05, 0.1) is 0 Å². The quantitative estimate of drug-likeness (QED) is 0.425. The second kappa shape index (κ2) is 11.1. The molecular weight excluding hydrogens is 332 g/mol. The summed E-state index contributed by atoms with van der Waals surface area (Å²) in [5.41, 5.74) is 11.5. The number of hydrogen-bond acceptors (Lipinski definition) is 4. The summed E-state index contributed by atoms with van der Waals surface area (Å²) in [5, 5.41) is 0. The van der Waals surface area contributed by atoms with Gasteiger partial charge in [0.2, 0.25) is 0 Å². The van der Waals surface area contributed by atoms with Gasteiger partial charge in [0, 0.05) is 13.2 Å². The summed E-state index contributed by atoms with van der Waals surface area (Å²) < 4.78 is 12.8. The highest BCUT2D eigenvalue weighted by Gasteiger charge is 2.38. The van der Waals surface area contributed by atoms with Gasteiger partial charge in [0.15, 0.2) is 16.6 Å². The minimum absolute atomic E-state index is 0.820. The van der Waals surface area contributed by atoms with Crippen LogP contribution in [-0.2, 0) is 8.85 Å². The zero-order valence-corrected chi connectivity index (χ0v) is 17.7. The SMILES string of the molecule is NCCC[Si]1(CCCC[Si]2(CCCN)CCCCO2)CCCCO1. The Morgan fingerprint density at radius 1 is 0.583 bits per heavy atom. The lowest BCUT2D eigenvalue weighted by Gasteiger charge is -2.37. The van der Waals surface area contributed by atoms with Gasteiger partial charge in [0.1, 0.15) is 0 Å². The molecule has 4 nitrogen and oxygen atoms in total. The van der Waals surface area contributed by atoms with E-state index in [-0.39, 0.29) is 0 Å². The van der Waals surface area contributed by atoms with Gasteiger partial charge in [-0.25, -0.2) is 0 Å². The zero-order chi connectivity index (χ0) is 17.1. The lowest BCUT2D eigenvalue weighted by atomic mass is 10.3. The van der Waals surface area contributed by atoms with Gasteiger partial charge in [-0.3, -0.25) is 0 Å². The molecule has 2 aliphatic heterocycles. The molecule has 6 heteroatoms. The van der Waals surface area contributed by atoms with Crippen LogP contribution in [0.25, 0.3) is 0 Å². The highest BCUT2D eigenvalue weighted by atomic mass is 28.4. The van der Waals surface area contributed by atoms with Crippen molar-refractivity contribution in [1.82, 2.24) is 0 Å². The van der Waals surface area contributed by atoms with E-state index in [9.17, 15) is 0 Å². The maximum absolute atomic E-state index is 6.40. The van der Waals surface area contributed by atoms with E-state index in [1.807, 2.05) is 0 Å². The Morgan fingerprint density at radius 3 is 1.33 bits per heavy atom. The third-order valence-corrected chi connectivity index (χ3v) is 15.3. The predicted molar refractivity (Wildman–Crippen MR) is 107 cm³/mol. The Kier molecular flexibility index (Phi) is 9.51. The molecule has 2 atom stereocenters. The second-order valence-corrected chi connectivity index (χ2v) is 16.3. The Balaban J connectivity index is 1.77. The Bertz CT molecular complexity index is 301. The molecule has 0 aromatic heterocycles. The van der Waals surface area contributed by atoms with Crippen LogP contribution in [0.2, 0.25) is 36.3 Å². The standard InChI is InChI=1S/C18H40N2O2Si2/c19-9-7-17-23(13-3-1-11-21-23)15-5-6-16-24(18-8-10-20)14-4-2-12-22-24/h1-20H2. The van der Waals surface area contributed by atoms with Crippen molar-refractivity contribution in [3.63, 3.8) is 0 Å². The average Bonchev–Trinajstić information content (AvgIpc) is 2.64. The molecule has 0 radical (unpaired) electrons. The van der Waals surface area contributed by atoms with Crippen molar-refractivity contribution in [3.05, 3.63) is 0 Å². The van der Waals surface area contributed by atoms with Crippen LogP contribution in [0.1, 0.15) is 51.4 Å². The fourth-order valence-electron chi connectivity index (χ4n) is 4.60. The van der Waals surface area contributed by atoms with Crippen molar-refractivity contribution in [2.24, 2.45) is 11.5 Å². The van der Waals surface area contributed by atoms with Crippen LogP contribution in [0.15, 0.2) is 0 Å². The van der Waals surface area contributed by atoms with Crippen molar-refractivity contribution >= 4 is 16.6 Å². The molecular formula is C18H40N2O2Si2. The molecule has 0 aromatic carbocycles. The maximum atomic E-state index is 6.40. The van der Waals surface area contributed by atoms with E-state index in [0.29, 0.717) is 0 Å². The first-order chi connectivity index (χ1) is 11.7. The van der Waals surface area contributed by atoms with Crippen molar-refractivity contribution < 1.29 is 8.85 Å². The van der Waals surface area contributed by atoms with Crippen molar-refractivity contribution in [1.29, 1.82) is 0 Å². The minimum atomic E-state index is -1.47. The molecule has 4 N–H and O–H groups in total. The normalized spacial score (nSPS) is 31.2. The molecule has 0 amide bonds. The van der Waals surface area contributed by atoms with E-state index >= 15 is 0 Å². The summed E-state index contributed by atoms with van der Waals surface area (Å²) in [7, 11) is -2.93. The van der Waals surface area contributed by atoms with Crippen LogP contribution in [0.3, 0.4) is 0 Å². The summed E-state index contributed by atoms with van der Waals surface area (Å²) in [4.78, 5) is 0. The van der Waals surface area contributed by atoms with Gasteiger partial charge in [-0.2, -0.15) is 0 Å². The zero-order valence-electron chi connectivity index (χ0n) is 15.7. The maximum Gasteiger partial charge on any atom is 0.192 e. The smallest absolute Gasteiger partial charge is 0.192 e. The molecule has 2 saturated heterocycles. The molecule has 24 heavy (non-hydrogen) atoms. The first kappa shape index (κ1) is 20.6. The number of unbranched alkanes of at least 4 members (excludes halogenated alkanes) is 1. The minimum Gasteiger partial charge on any atom is -0.417 e. The summed E-state index contributed by atoms with van der Waals surface area (Å²) in [5.74, 6) is 0. The van der Waals surface area contributed by atoms with Gasteiger partial charge >= 0.3 is 0 Å². The van der Waals surface area contributed by atoms with Crippen molar-refractivity contribution in [2.45, 2.75) is 87.6 Å². The third-order valence-electron chi connectivity index (χ3n) is 6.06. The second-order valence-electron chi connectivity index (χ2n) is 7.97. The van der Waals surface area contributed by atoms with Gasteiger partial charge in [-0.05, 0) is 75.0 Å². The fourth-order valence-corrected chi connectivity index (χ4v) is 13.4. The Hall–Kier alpha value is 0.274.